The maximum atomic E-state index is 12.5. The number of carbonyl (C=O) groups is 1. The maximum absolute atomic E-state index is 12.5. The molecule has 2 aromatic rings. The number of thioether (sulfide) groups is 1. The van der Waals surface area contributed by atoms with Crippen molar-refractivity contribution in [2.75, 3.05) is 5.32 Å². The topological polar surface area (TPSA) is 42.0 Å². The highest BCUT2D eigenvalue weighted by molar-refractivity contribution is 8.00. The van der Waals surface area contributed by atoms with Crippen LogP contribution in [0.5, 0.6) is 0 Å². The number of rotatable bonds is 4. The largest absolute Gasteiger partial charge is 0.417 e. The van der Waals surface area contributed by atoms with Crippen molar-refractivity contribution in [1.29, 1.82) is 0 Å². The van der Waals surface area contributed by atoms with Gasteiger partial charge in [0.2, 0.25) is 5.91 Å². The highest BCUT2D eigenvalue weighted by Crippen LogP contribution is 2.31. The summed E-state index contributed by atoms with van der Waals surface area (Å²) in [5.41, 5.74) is -0.475. The normalized spacial score (nSPS) is 12.8. The minimum absolute atomic E-state index is 0.308. The monoisotopic (exact) mass is 394 g/mol. The summed E-state index contributed by atoms with van der Waals surface area (Å²) < 4.78 is 37.5. The Bertz CT molecular complexity index is 738. The van der Waals surface area contributed by atoms with Crippen LogP contribution >= 0.6 is 35.0 Å². The molecule has 9 heteroatoms. The molecule has 128 valence electrons. The third-order valence-corrected chi connectivity index (χ3v) is 4.53. The van der Waals surface area contributed by atoms with Crippen LogP contribution in [0, 0.1) is 0 Å². The van der Waals surface area contributed by atoms with Crippen LogP contribution in [0.15, 0.2) is 41.6 Å². The van der Waals surface area contributed by atoms with Gasteiger partial charge in [-0.05, 0) is 37.3 Å². The average molecular weight is 395 g/mol. The minimum Gasteiger partial charge on any atom is -0.324 e. The molecule has 2 rings (SSSR count). The van der Waals surface area contributed by atoms with Gasteiger partial charge in [-0.2, -0.15) is 13.2 Å². The van der Waals surface area contributed by atoms with E-state index in [1.54, 1.807) is 19.1 Å². The van der Waals surface area contributed by atoms with Gasteiger partial charge in [0.25, 0.3) is 0 Å². The van der Waals surface area contributed by atoms with Crippen LogP contribution in [-0.4, -0.2) is 16.1 Å². The molecule has 0 saturated carbocycles. The number of nitrogens with one attached hydrogen (secondary N) is 1. The Labute approximate surface area is 150 Å². The van der Waals surface area contributed by atoms with E-state index in [0.29, 0.717) is 20.8 Å². The number of carbonyl (C=O) groups excluding carboxylic acids is 1. The van der Waals surface area contributed by atoms with Crippen LogP contribution in [0.3, 0.4) is 0 Å². The number of anilines is 1. The standard InChI is InChI=1S/C15H11Cl2F3N2OS/c1-8(14(23)22-12-6-10(16)3-4-11(12)17)24-13-5-2-9(7-21-13)15(18,19)20/h2-8H,1H3,(H,22,23). The Hall–Kier alpha value is -1.44. The molecule has 0 saturated heterocycles. The Morgan fingerprint density at radius 3 is 2.54 bits per heavy atom. The van der Waals surface area contributed by atoms with Crippen molar-refractivity contribution in [2.24, 2.45) is 0 Å². The Morgan fingerprint density at radius 2 is 1.96 bits per heavy atom. The molecule has 1 atom stereocenters. The summed E-state index contributed by atoms with van der Waals surface area (Å²) in [6.07, 6.45) is -3.71. The number of halogens is 5. The van der Waals surface area contributed by atoms with Crippen LogP contribution in [0.25, 0.3) is 0 Å². The first-order valence-corrected chi connectivity index (χ1v) is 8.26. The van der Waals surface area contributed by atoms with E-state index < -0.39 is 17.0 Å². The van der Waals surface area contributed by atoms with Gasteiger partial charge >= 0.3 is 6.18 Å². The third kappa shape index (κ3) is 5.03. The molecule has 0 aliphatic carbocycles. The van der Waals surface area contributed by atoms with Gasteiger partial charge in [0, 0.05) is 11.2 Å². The summed E-state index contributed by atoms with van der Waals surface area (Å²) in [5, 5.41) is 3.08. The quantitative estimate of drug-likeness (QED) is 0.693. The second-order valence-corrected chi connectivity index (χ2v) is 6.96. The number of benzene rings is 1. The highest BCUT2D eigenvalue weighted by Gasteiger charge is 2.30. The molecule has 0 spiro atoms. The number of hydrogen-bond acceptors (Lipinski definition) is 3. The zero-order valence-corrected chi connectivity index (χ0v) is 14.5. The maximum Gasteiger partial charge on any atom is 0.417 e. The lowest BCUT2D eigenvalue weighted by Gasteiger charge is -2.13. The van der Waals surface area contributed by atoms with Crippen molar-refractivity contribution < 1.29 is 18.0 Å². The van der Waals surface area contributed by atoms with E-state index in [-0.39, 0.29) is 5.91 Å². The predicted octanol–water partition coefficient (Wildman–Crippen LogP) is 5.53. The molecule has 0 bridgehead atoms. The van der Waals surface area contributed by atoms with Gasteiger partial charge in [-0.25, -0.2) is 4.98 Å². The van der Waals surface area contributed by atoms with Crippen LogP contribution < -0.4 is 5.32 Å². The summed E-state index contributed by atoms with van der Waals surface area (Å²) in [7, 11) is 0. The lowest BCUT2D eigenvalue weighted by Crippen LogP contribution is -2.22. The number of aromatic nitrogens is 1. The third-order valence-electron chi connectivity index (χ3n) is 2.92. The van der Waals surface area contributed by atoms with Crippen molar-refractivity contribution in [3.8, 4) is 0 Å². The number of hydrogen-bond donors (Lipinski definition) is 1. The second-order valence-electron chi connectivity index (χ2n) is 4.76. The van der Waals surface area contributed by atoms with E-state index >= 15 is 0 Å². The molecule has 24 heavy (non-hydrogen) atoms. The molecule has 1 aromatic carbocycles. The van der Waals surface area contributed by atoms with E-state index in [1.165, 1.54) is 12.1 Å². The minimum atomic E-state index is -4.44. The van der Waals surface area contributed by atoms with Gasteiger partial charge in [-0.1, -0.05) is 35.0 Å². The molecule has 1 unspecified atom stereocenters. The van der Waals surface area contributed by atoms with Crippen molar-refractivity contribution in [1.82, 2.24) is 4.98 Å². The van der Waals surface area contributed by atoms with Crippen molar-refractivity contribution in [3.05, 3.63) is 52.1 Å². The van der Waals surface area contributed by atoms with Gasteiger partial charge in [-0.15, -0.1) is 0 Å². The zero-order chi connectivity index (χ0) is 17.9. The summed E-state index contributed by atoms with van der Waals surface area (Å²) in [4.78, 5) is 15.9. The summed E-state index contributed by atoms with van der Waals surface area (Å²) in [6, 6.07) is 6.80. The van der Waals surface area contributed by atoms with Gasteiger partial charge in [0.15, 0.2) is 0 Å². The lowest BCUT2D eigenvalue weighted by atomic mass is 10.3. The van der Waals surface area contributed by atoms with Gasteiger partial charge in [0.05, 0.1) is 26.5 Å². The van der Waals surface area contributed by atoms with E-state index in [0.717, 1.165) is 24.0 Å². The molecule has 0 aliphatic heterocycles. The number of nitrogens with zero attached hydrogens (tertiary/aromatic N) is 1. The molecule has 1 amide bonds. The van der Waals surface area contributed by atoms with Gasteiger partial charge in [0.1, 0.15) is 0 Å². The van der Waals surface area contributed by atoms with Crippen molar-refractivity contribution >= 4 is 46.6 Å². The SMILES string of the molecule is CC(Sc1ccc(C(F)(F)F)cn1)C(=O)Nc1cc(Cl)ccc1Cl. The molecule has 0 fully saturated rings. The Balaban J connectivity index is 2.02. The molecule has 0 radical (unpaired) electrons. The molecule has 1 aromatic heterocycles. The first kappa shape index (κ1) is 18.9. The molecule has 3 nitrogen and oxygen atoms in total. The van der Waals surface area contributed by atoms with E-state index in [9.17, 15) is 18.0 Å². The van der Waals surface area contributed by atoms with Crippen LogP contribution in [0.1, 0.15) is 12.5 Å². The molecule has 0 aliphatic rings. The zero-order valence-electron chi connectivity index (χ0n) is 12.2. The molecule has 1 heterocycles. The van der Waals surface area contributed by atoms with Gasteiger partial charge < -0.3 is 5.32 Å². The van der Waals surface area contributed by atoms with E-state index in [1.807, 2.05) is 0 Å². The number of alkyl halides is 3. The molecule has 1 N–H and O–H groups in total. The lowest BCUT2D eigenvalue weighted by molar-refractivity contribution is -0.137. The van der Waals surface area contributed by atoms with Gasteiger partial charge in [-0.3, -0.25) is 4.79 Å². The van der Waals surface area contributed by atoms with E-state index in [2.05, 4.69) is 10.3 Å². The first-order valence-electron chi connectivity index (χ1n) is 6.62. The van der Waals surface area contributed by atoms with E-state index in [4.69, 9.17) is 23.2 Å². The summed E-state index contributed by atoms with van der Waals surface area (Å²) in [5.74, 6) is -0.370. The Kier molecular flexibility index (Phi) is 6.01. The fraction of sp³-hybridized carbons (Fsp3) is 0.200. The summed E-state index contributed by atoms with van der Waals surface area (Å²) in [6.45, 7) is 1.61. The first-order chi connectivity index (χ1) is 11.2. The Morgan fingerprint density at radius 1 is 1.25 bits per heavy atom. The van der Waals surface area contributed by atoms with Crippen LogP contribution in [-0.2, 0) is 11.0 Å². The van der Waals surface area contributed by atoms with Crippen molar-refractivity contribution in [2.45, 2.75) is 23.4 Å². The van der Waals surface area contributed by atoms with Crippen LogP contribution in [0.2, 0.25) is 10.0 Å². The number of amides is 1. The average Bonchev–Trinajstić information content (AvgIpc) is 2.50. The van der Waals surface area contributed by atoms with Crippen molar-refractivity contribution in [3.63, 3.8) is 0 Å². The molecular weight excluding hydrogens is 384 g/mol. The smallest absolute Gasteiger partial charge is 0.324 e. The fourth-order valence-corrected chi connectivity index (χ4v) is 2.81. The second kappa shape index (κ2) is 7.63. The van der Waals surface area contributed by atoms with Crippen LogP contribution in [0.4, 0.5) is 18.9 Å². The molecular formula is C15H11Cl2F3N2OS. The fourth-order valence-electron chi connectivity index (χ4n) is 1.68. The predicted molar refractivity (Wildman–Crippen MR) is 89.6 cm³/mol. The number of pyridine rings is 1. The summed E-state index contributed by atoms with van der Waals surface area (Å²) >= 11 is 12.8. The highest BCUT2D eigenvalue weighted by atomic mass is 35.5.